The second-order valence-electron chi connectivity index (χ2n) is 6.93. The highest BCUT2D eigenvalue weighted by Crippen LogP contribution is 2.39. The van der Waals surface area contributed by atoms with E-state index in [0.29, 0.717) is 37.2 Å². The van der Waals surface area contributed by atoms with Crippen LogP contribution in [-0.4, -0.2) is 33.1 Å². The van der Waals surface area contributed by atoms with Crippen molar-refractivity contribution < 1.29 is 18.3 Å². The topological polar surface area (TPSA) is 52.2 Å². The van der Waals surface area contributed by atoms with E-state index in [-0.39, 0.29) is 5.92 Å². The number of piperidine rings is 1. The molecule has 4 rings (SSSR count). The first-order valence-electron chi connectivity index (χ1n) is 8.95. The van der Waals surface area contributed by atoms with Gasteiger partial charge in [0.2, 0.25) is 0 Å². The summed E-state index contributed by atoms with van der Waals surface area (Å²) in [6, 6.07) is 11.3. The lowest BCUT2D eigenvalue weighted by Gasteiger charge is -2.35. The van der Waals surface area contributed by atoms with Gasteiger partial charge in [0.15, 0.2) is 0 Å². The number of nitrogens with one attached hydrogen (secondary N) is 1. The number of fused-ring (bicyclic) bond motifs is 1. The van der Waals surface area contributed by atoms with Crippen molar-refractivity contribution in [3.05, 3.63) is 65.5 Å². The number of pyridine rings is 1. The normalized spacial score (nSPS) is 18.1. The number of aliphatic hydroxyl groups is 1. The van der Waals surface area contributed by atoms with Gasteiger partial charge in [0.1, 0.15) is 6.23 Å². The lowest BCUT2D eigenvalue weighted by atomic mass is 9.86. The maximum atomic E-state index is 13.3. The average Bonchev–Trinajstić information content (AvgIpc) is 3.11. The van der Waals surface area contributed by atoms with Crippen molar-refractivity contribution in [2.45, 2.75) is 31.2 Å². The van der Waals surface area contributed by atoms with E-state index in [1.165, 1.54) is 6.07 Å². The Balaban J connectivity index is 1.48. The van der Waals surface area contributed by atoms with Crippen molar-refractivity contribution in [3.63, 3.8) is 0 Å². The number of aromatic amines is 1. The van der Waals surface area contributed by atoms with Gasteiger partial charge >= 0.3 is 6.18 Å². The molecule has 142 valence electrons. The summed E-state index contributed by atoms with van der Waals surface area (Å²) in [5.41, 5.74) is 2.08. The van der Waals surface area contributed by atoms with Crippen LogP contribution >= 0.6 is 0 Å². The Hall–Kier alpha value is -2.38. The second kappa shape index (κ2) is 6.98. The first kappa shape index (κ1) is 18.0. The summed E-state index contributed by atoms with van der Waals surface area (Å²) in [6.07, 6.45) is -2.33. The molecule has 0 bridgehead atoms. The van der Waals surface area contributed by atoms with Crippen molar-refractivity contribution >= 4 is 11.0 Å². The highest BCUT2D eigenvalue weighted by molar-refractivity contribution is 5.75. The first-order valence-corrected chi connectivity index (χ1v) is 8.95. The van der Waals surface area contributed by atoms with Crippen LogP contribution in [0.3, 0.4) is 0 Å². The standard InChI is InChI=1S/C20H20F3N3O/c21-20(22,23)15-5-2-1-4-14(15)13-7-10-26(11-8-13)19(27)18-12-17-16(25-18)6-3-9-24-17/h1-6,9,12-13,19,25,27H,7-8,10-11H2. The van der Waals surface area contributed by atoms with E-state index in [1.54, 1.807) is 18.3 Å². The van der Waals surface area contributed by atoms with Crippen LogP contribution in [0.1, 0.15) is 41.8 Å². The van der Waals surface area contributed by atoms with Crippen molar-refractivity contribution in [1.29, 1.82) is 0 Å². The van der Waals surface area contributed by atoms with Crippen LogP contribution in [0.15, 0.2) is 48.7 Å². The third-order valence-electron chi connectivity index (χ3n) is 5.27. The first-order chi connectivity index (χ1) is 12.9. The number of alkyl halides is 3. The van der Waals surface area contributed by atoms with Crippen LogP contribution in [0.4, 0.5) is 13.2 Å². The lowest BCUT2D eigenvalue weighted by Crippen LogP contribution is -2.36. The van der Waals surface area contributed by atoms with Crippen LogP contribution in [-0.2, 0) is 6.18 Å². The Morgan fingerprint density at radius 3 is 2.56 bits per heavy atom. The van der Waals surface area contributed by atoms with E-state index in [0.717, 1.165) is 17.1 Å². The zero-order valence-corrected chi connectivity index (χ0v) is 14.6. The van der Waals surface area contributed by atoms with Gasteiger partial charge in [-0.3, -0.25) is 9.88 Å². The number of benzene rings is 1. The Morgan fingerprint density at radius 2 is 1.85 bits per heavy atom. The molecule has 1 fully saturated rings. The molecule has 2 aromatic heterocycles. The van der Waals surface area contributed by atoms with Gasteiger partial charge in [-0.05, 0) is 48.6 Å². The van der Waals surface area contributed by atoms with Crippen molar-refractivity contribution in [2.75, 3.05) is 13.1 Å². The van der Waals surface area contributed by atoms with Crippen LogP contribution in [0.2, 0.25) is 0 Å². The molecule has 1 atom stereocenters. The maximum absolute atomic E-state index is 13.3. The van der Waals surface area contributed by atoms with E-state index in [9.17, 15) is 18.3 Å². The number of H-pyrrole nitrogens is 1. The van der Waals surface area contributed by atoms with Gasteiger partial charge in [0.05, 0.1) is 22.3 Å². The number of hydrogen-bond donors (Lipinski definition) is 2. The number of rotatable bonds is 3. The zero-order chi connectivity index (χ0) is 19.0. The van der Waals surface area contributed by atoms with Crippen molar-refractivity contribution in [1.82, 2.24) is 14.9 Å². The molecule has 1 aliphatic heterocycles. The molecule has 1 unspecified atom stereocenters. The predicted octanol–water partition coefficient (Wildman–Crippen LogP) is 4.45. The van der Waals surface area contributed by atoms with E-state index in [1.807, 2.05) is 23.1 Å². The molecule has 7 heteroatoms. The largest absolute Gasteiger partial charge is 0.416 e. The van der Waals surface area contributed by atoms with E-state index >= 15 is 0 Å². The minimum atomic E-state index is -4.34. The summed E-state index contributed by atoms with van der Waals surface area (Å²) in [6.45, 7) is 1.06. The Morgan fingerprint density at radius 1 is 1.11 bits per heavy atom. The zero-order valence-electron chi connectivity index (χ0n) is 14.6. The number of aromatic nitrogens is 2. The number of nitrogens with zero attached hydrogens (tertiary/aromatic N) is 2. The third kappa shape index (κ3) is 3.57. The fourth-order valence-corrected chi connectivity index (χ4v) is 3.88. The van der Waals surface area contributed by atoms with Gasteiger partial charge in [0.25, 0.3) is 0 Å². The fourth-order valence-electron chi connectivity index (χ4n) is 3.88. The summed E-state index contributed by atoms with van der Waals surface area (Å²) in [4.78, 5) is 9.29. The minimum absolute atomic E-state index is 0.157. The number of likely N-dealkylation sites (tertiary alicyclic amines) is 1. The van der Waals surface area contributed by atoms with Crippen molar-refractivity contribution in [3.8, 4) is 0 Å². The van der Waals surface area contributed by atoms with Crippen LogP contribution in [0, 0.1) is 0 Å². The van der Waals surface area contributed by atoms with E-state index in [2.05, 4.69) is 9.97 Å². The van der Waals surface area contributed by atoms with Crippen molar-refractivity contribution in [2.24, 2.45) is 0 Å². The monoisotopic (exact) mass is 375 g/mol. The van der Waals surface area contributed by atoms with E-state index < -0.39 is 18.0 Å². The molecule has 4 nitrogen and oxygen atoms in total. The van der Waals surface area contributed by atoms with Gasteiger partial charge < -0.3 is 10.1 Å². The minimum Gasteiger partial charge on any atom is -0.373 e. The molecule has 27 heavy (non-hydrogen) atoms. The molecule has 0 radical (unpaired) electrons. The smallest absolute Gasteiger partial charge is 0.373 e. The summed E-state index contributed by atoms with van der Waals surface area (Å²) in [7, 11) is 0. The molecule has 0 spiro atoms. The predicted molar refractivity (Wildman–Crippen MR) is 96.0 cm³/mol. The third-order valence-corrected chi connectivity index (χ3v) is 5.27. The fraction of sp³-hybridized carbons (Fsp3) is 0.350. The number of aliphatic hydroxyl groups excluding tert-OH is 1. The lowest BCUT2D eigenvalue weighted by molar-refractivity contribution is -0.138. The maximum Gasteiger partial charge on any atom is 0.416 e. The molecule has 0 saturated carbocycles. The van der Waals surface area contributed by atoms with Gasteiger partial charge in [-0.25, -0.2) is 0 Å². The van der Waals surface area contributed by atoms with Gasteiger partial charge in [0, 0.05) is 19.3 Å². The quantitative estimate of drug-likeness (QED) is 0.711. The molecular formula is C20H20F3N3O. The Labute approximate surface area is 154 Å². The molecule has 0 aliphatic carbocycles. The van der Waals surface area contributed by atoms with E-state index in [4.69, 9.17) is 0 Å². The Bertz CT molecular complexity index is 896. The number of hydrogen-bond acceptors (Lipinski definition) is 3. The molecule has 0 amide bonds. The Kier molecular flexibility index (Phi) is 4.65. The molecule has 3 heterocycles. The molecule has 3 aromatic rings. The van der Waals surface area contributed by atoms with Crippen LogP contribution in [0.25, 0.3) is 11.0 Å². The van der Waals surface area contributed by atoms with Gasteiger partial charge in [-0.2, -0.15) is 13.2 Å². The summed E-state index contributed by atoms with van der Waals surface area (Å²) >= 11 is 0. The number of halogens is 3. The molecule has 2 N–H and O–H groups in total. The highest BCUT2D eigenvalue weighted by atomic mass is 19.4. The van der Waals surface area contributed by atoms with Crippen LogP contribution in [0.5, 0.6) is 0 Å². The van der Waals surface area contributed by atoms with Crippen LogP contribution < -0.4 is 0 Å². The van der Waals surface area contributed by atoms with Gasteiger partial charge in [-0.1, -0.05) is 18.2 Å². The average molecular weight is 375 g/mol. The second-order valence-corrected chi connectivity index (χ2v) is 6.93. The molecule has 1 aromatic carbocycles. The molecule has 1 saturated heterocycles. The molecular weight excluding hydrogens is 355 g/mol. The SMILES string of the molecule is OC(c1cc2ncccc2[nH]1)N1CCC(c2ccccc2C(F)(F)F)CC1. The summed E-state index contributed by atoms with van der Waals surface area (Å²) in [5, 5.41) is 10.7. The molecule has 1 aliphatic rings. The van der Waals surface area contributed by atoms with Gasteiger partial charge in [-0.15, -0.1) is 0 Å². The summed E-state index contributed by atoms with van der Waals surface area (Å²) in [5.74, 6) is -0.157. The summed E-state index contributed by atoms with van der Waals surface area (Å²) < 4.78 is 39.8. The highest BCUT2D eigenvalue weighted by Gasteiger charge is 2.36.